The van der Waals surface area contributed by atoms with Crippen molar-refractivity contribution in [2.24, 2.45) is 0 Å². The lowest BCUT2D eigenvalue weighted by Crippen LogP contribution is -2.35. The van der Waals surface area contributed by atoms with Crippen LogP contribution in [0.5, 0.6) is 17.2 Å². The Bertz CT molecular complexity index is 1190. The third kappa shape index (κ3) is 5.17. The van der Waals surface area contributed by atoms with Crippen LogP contribution in [0.2, 0.25) is 0 Å². The first-order valence-corrected chi connectivity index (χ1v) is 11.2. The number of carbonyl (C=O) groups is 2. The van der Waals surface area contributed by atoms with Crippen LogP contribution < -0.4 is 24.8 Å². The molecule has 0 spiro atoms. The molecule has 0 fully saturated rings. The highest BCUT2D eigenvalue weighted by atomic mass is 16.5. The summed E-state index contributed by atoms with van der Waals surface area (Å²) in [6, 6.07) is 11.0. The Morgan fingerprint density at radius 3 is 2.26 bits per heavy atom. The zero-order valence-electron chi connectivity index (χ0n) is 20.2. The van der Waals surface area contributed by atoms with Crippen molar-refractivity contribution < 1.29 is 23.8 Å². The normalized spacial score (nSPS) is 11.3. The van der Waals surface area contributed by atoms with E-state index in [4.69, 9.17) is 14.2 Å². The molecule has 34 heavy (non-hydrogen) atoms. The van der Waals surface area contributed by atoms with Crippen LogP contribution in [0.25, 0.3) is 17.0 Å². The molecule has 0 aliphatic carbocycles. The van der Waals surface area contributed by atoms with E-state index >= 15 is 0 Å². The van der Waals surface area contributed by atoms with Gasteiger partial charge in [-0.1, -0.05) is 25.1 Å². The maximum atomic E-state index is 13.2. The number of hydrogen-bond donors (Lipinski definition) is 2. The summed E-state index contributed by atoms with van der Waals surface area (Å²) in [6.07, 6.45) is 4.45. The molecule has 0 saturated heterocycles. The minimum atomic E-state index is -0.476. The van der Waals surface area contributed by atoms with Crippen molar-refractivity contribution in [2.75, 3.05) is 27.9 Å². The van der Waals surface area contributed by atoms with E-state index in [0.29, 0.717) is 23.8 Å². The number of benzene rings is 2. The topological polar surface area (TPSA) is 90.8 Å². The van der Waals surface area contributed by atoms with Gasteiger partial charge in [-0.15, -0.1) is 0 Å². The van der Waals surface area contributed by atoms with Crippen LogP contribution >= 0.6 is 0 Å². The maximum absolute atomic E-state index is 13.2. The first-order valence-electron chi connectivity index (χ1n) is 11.2. The zero-order valence-corrected chi connectivity index (χ0v) is 20.2. The van der Waals surface area contributed by atoms with Gasteiger partial charge in [0.25, 0.3) is 11.8 Å². The van der Waals surface area contributed by atoms with Gasteiger partial charge in [-0.2, -0.15) is 0 Å². The summed E-state index contributed by atoms with van der Waals surface area (Å²) in [7, 11) is 4.45. The fraction of sp³-hybridized carbons (Fsp3) is 0.308. The van der Waals surface area contributed by atoms with Crippen molar-refractivity contribution in [3.8, 4) is 17.2 Å². The Balaban J connectivity index is 2.03. The second kappa shape index (κ2) is 11.3. The number of carbonyl (C=O) groups excluding carboxylic acids is 2. The highest BCUT2D eigenvalue weighted by molar-refractivity contribution is 6.07. The first-order chi connectivity index (χ1) is 16.5. The summed E-state index contributed by atoms with van der Waals surface area (Å²) in [5, 5.41) is 6.61. The van der Waals surface area contributed by atoms with Gasteiger partial charge in [0.1, 0.15) is 5.70 Å². The van der Waals surface area contributed by atoms with E-state index in [2.05, 4.69) is 22.1 Å². The smallest absolute Gasteiger partial charge is 0.267 e. The molecule has 0 aliphatic heterocycles. The average molecular weight is 466 g/mol. The molecule has 0 bridgehead atoms. The number of amides is 2. The van der Waals surface area contributed by atoms with Crippen molar-refractivity contribution in [1.82, 2.24) is 15.2 Å². The Kier molecular flexibility index (Phi) is 8.19. The molecule has 0 radical (unpaired) electrons. The van der Waals surface area contributed by atoms with Gasteiger partial charge in [0, 0.05) is 41.3 Å². The third-order valence-corrected chi connectivity index (χ3v) is 5.42. The monoisotopic (exact) mass is 465 g/mol. The van der Waals surface area contributed by atoms with Crippen molar-refractivity contribution in [2.45, 2.75) is 26.8 Å². The Morgan fingerprint density at radius 2 is 1.68 bits per heavy atom. The summed E-state index contributed by atoms with van der Waals surface area (Å²) < 4.78 is 18.1. The molecule has 8 nitrogen and oxygen atoms in total. The molecule has 3 rings (SSSR count). The first kappa shape index (κ1) is 24.7. The van der Waals surface area contributed by atoms with Gasteiger partial charge in [-0.05, 0) is 37.6 Å². The van der Waals surface area contributed by atoms with Crippen LogP contribution in [0, 0.1) is 0 Å². The Labute approximate surface area is 199 Å². The number of aryl methyl sites for hydroxylation is 1. The lowest BCUT2D eigenvalue weighted by Gasteiger charge is -2.15. The molecule has 0 atom stereocenters. The predicted octanol–water partition coefficient (Wildman–Crippen LogP) is 3.98. The van der Waals surface area contributed by atoms with E-state index in [0.717, 1.165) is 29.4 Å². The molecule has 0 unspecified atom stereocenters. The molecule has 180 valence electrons. The molecule has 1 heterocycles. The van der Waals surface area contributed by atoms with Crippen LogP contribution in [-0.4, -0.2) is 44.3 Å². The van der Waals surface area contributed by atoms with Gasteiger partial charge >= 0.3 is 0 Å². The summed E-state index contributed by atoms with van der Waals surface area (Å²) in [6.45, 7) is 5.30. The number of methoxy groups -OCH3 is 3. The van der Waals surface area contributed by atoms with Crippen molar-refractivity contribution in [1.29, 1.82) is 0 Å². The standard InChI is InChI=1S/C26H31N3O5/c1-6-12-27-26(31)20(13-18-16-29(7-2)21-11-9-8-10-19(18)21)28-25(30)17-14-22(32-3)24(34-5)23(15-17)33-4/h8-11,13-16H,6-7,12H2,1-5H3,(H,27,31)(H,28,30)/b20-13-. The van der Waals surface area contributed by atoms with E-state index < -0.39 is 5.91 Å². The van der Waals surface area contributed by atoms with Gasteiger partial charge in [0.2, 0.25) is 5.75 Å². The number of hydrogen-bond acceptors (Lipinski definition) is 5. The van der Waals surface area contributed by atoms with Crippen molar-refractivity contribution in [3.05, 3.63) is 59.4 Å². The van der Waals surface area contributed by atoms with E-state index in [-0.39, 0.29) is 17.2 Å². The number of rotatable bonds is 10. The number of ether oxygens (including phenoxy) is 3. The summed E-state index contributed by atoms with van der Waals surface area (Å²) in [5.74, 6) is 0.232. The number of para-hydroxylation sites is 1. The third-order valence-electron chi connectivity index (χ3n) is 5.42. The number of aromatic nitrogens is 1. The van der Waals surface area contributed by atoms with Crippen LogP contribution in [-0.2, 0) is 11.3 Å². The number of nitrogens with zero attached hydrogens (tertiary/aromatic N) is 1. The second-order valence-corrected chi connectivity index (χ2v) is 7.57. The van der Waals surface area contributed by atoms with Crippen molar-refractivity contribution in [3.63, 3.8) is 0 Å². The lowest BCUT2D eigenvalue weighted by atomic mass is 10.1. The highest BCUT2D eigenvalue weighted by Crippen LogP contribution is 2.38. The Morgan fingerprint density at radius 1 is 1.00 bits per heavy atom. The minimum absolute atomic E-state index is 0.145. The molecule has 3 aromatic rings. The van der Waals surface area contributed by atoms with E-state index in [1.165, 1.54) is 21.3 Å². The van der Waals surface area contributed by atoms with Gasteiger partial charge < -0.3 is 29.4 Å². The van der Waals surface area contributed by atoms with Gasteiger partial charge in [0.05, 0.1) is 21.3 Å². The molecule has 2 amide bonds. The highest BCUT2D eigenvalue weighted by Gasteiger charge is 2.20. The summed E-state index contributed by atoms with van der Waals surface area (Å²) in [4.78, 5) is 26.2. The van der Waals surface area contributed by atoms with Gasteiger partial charge in [0.15, 0.2) is 11.5 Å². The lowest BCUT2D eigenvalue weighted by molar-refractivity contribution is -0.117. The number of fused-ring (bicyclic) bond motifs is 1. The molecule has 0 aliphatic rings. The van der Waals surface area contributed by atoms with Crippen molar-refractivity contribution >= 4 is 28.8 Å². The van der Waals surface area contributed by atoms with Crippen LogP contribution in [0.15, 0.2) is 48.3 Å². The molecule has 2 aromatic carbocycles. The molecule has 1 aromatic heterocycles. The Hall–Kier alpha value is -3.94. The van der Waals surface area contributed by atoms with Gasteiger partial charge in [-0.3, -0.25) is 9.59 Å². The fourth-order valence-corrected chi connectivity index (χ4v) is 3.71. The second-order valence-electron chi connectivity index (χ2n) is 7.57. The van der Waals surface area contributed by atoms with Gasteiger partial charge in [-0.25, -0.2) is 0 Å². The summed E-state index contributed by atoms with van der Waals surface area (Å²) in [5.41, 5.74) is 2.30. The predicted molar refractivity (Wildman–Crippen MR) is 132 cm³/mol. The molecule has 8 heteroatoms. The van der Waals surface area contributed by atoms with E-state index in [9.17, 15) is 9.59 Å². The number of nitrogens with one attached hydrogen (secondary N) is 2. The minimum Gasteiger partial charge on any atom is -0.493 e. The van der Waals surface area contributed by atoms with E-state index in [1.807, 2.05) is 37.4 Å². The fourth-order valence-electron chi connectivity index (χ4n) is 3.71. The quantitative estimate of drug-likeness (QED) is 0.442. The maximum Gasteiger partial charge on any atom is 0.267 e. The summed E-state index contributed by atoms with van der Waals surface area (Å²) >= 11 is 0. The molecular weight excluding hydrogens is 434 g/mol. The average Bonchev–Trinajstić information content (AvgIpc) is 3.23. The van der Waals surface area contributed by atoms with Crippen LogP contribution in [0.3, 0.4) is 0 Å². The van der Waals surface area contributed by atoms with Crippen LogP contribution in [0.1, 0.15) is 36.2 Å². The molecule has 0 saturated carbocycles. The molecule has 2 N–H and O–H groups in total. The SMILES string of the molecule is CCCNC(=O)/C(=C/c1cn(CC)c2ccccc12)NC(=O)c1cc(OC)c(OC)c(OC)c1. The largest absolute Gasteiger partial charge is 0.493 e. The van der Waals surface area contributed by atoms with Crippen LogP contribution in [0.4, 0.5) is 0 Å². The molecular formula is C26H31N3O5. The zero-order chi connectivity index (χ0) is 24.7. The van der Waals surface area contributed by atoms with E-state index in [1.54, 1.807) is 18.2 Å².